The van der Waals surface area contributed by atoms with E-state index in [1.54, 1.807) is 35.1 Å². The summed E-state index contributed by atoms with van der Waals surface area (Å²) in [5.41, 5.74) is 3.15. The van der Waals surface area contributed by atoms with Crippen LogP contribution in [0.4, 0.5) is 4.39 Å². The minimum Gasteiger partial charge on any atom is -0.489 e. The number of hydrogen-bond acceptors (Lipinski definition) is 6. The Balaban J connectivity index is 1.46. The van der Waals surface area contributed by atoms with Crippen LogP contribution in [0.3, 0.4) is 0 Å². The maximum absolute atomic E-state index is 13.2. The number of amides is 1. The molecule has 0 aliphatic carbocycles. The summed E-state index contributed by atoms with van der Waals surface area (Å²) >= 11 is 0. The van der Waals surface area contributed by atoms with E-state index < -0.39 is 21.8 Å². The largest absolute Gasteiger partial charge is 0.489 e. The Labute approximate surface area is 231 Å². The summed E-state index contributed by atoms with van der Waals surface area (Å²) < 4.78 is 44.4. The highest BCUT2D eigenvalue weighted by atomic mass is 32.2. The minimum absolute atomic E-state index is 0.0110. The molecule has 5 rings (SSSR count). The van der Waals surface area contributed by atoms with Crippen LogP contribution in [0.2, 0.25) is 0 Å². The molecule has 0 bridgehead atoms. The van der Waals surface area contributed by atoms with Crippen molar-refractivity contribution in [3.63, 3.8) is 0 Å². The molecular formula is C30H25FN4O4S. The van der Waals surface area contributed by atoms with Gasteiger partial charge in [-0.05, 0) is 54.5 Å². The molecule has 1 saturated heterocycles. The van der Waals surface area contributed by atoms with Gasteiger partial charge in [-0.15, -0.1) is 0 Å². The van der Waals surface area contributed by atoms with E-state index in [2.05, 4.69) is 5.32 Å². The van der Waals surface area contributed by atoms with Crippen LogP contribution < -0.4 is 10.1 Å². The first kappa shape index (κ1) is 26.8. The maximum Gasteiger partial charge on any atom is 0.262 e. The fourth-order valence-electron chi connectivity index (χ4n) is 4.39. The number of benzene rings is 3. The van der Waals surface area contributed by atoms with Gasteiger partial charge in [-0.1, -0.05) is 42.5 Å². The number of aromatic nitrogens is 2. The smallest absolute Gasteiger partial charge is 0.262 e. The zero-order chi connectivity index (χ0) is 28.1. The van der Waals surface area contributed by atoms with Gasteiger partial charge in [0.15, 0.2) is 9.84 Å². The average molecular weight is 557 g/mol. The molecule has 1 unspecified atom stereocenters. The van der Waals surface area contributed by atoms with Gasteiger partial charge in [-0.25, -0.2) is 17.5 Å². The minimum atomic E-state index is -3.19. The zero-order valence-corrected chi connectivity index (χ0v) is 22.1. The third kappa shape index (κ3) is 6.45. The first-order valence-electron chi connectivity index (χ1n) is 12.6. The van der Waals surface area contributed by atoms with Gasteiger partial charge in [0.2, 0.25) is 0 Å². The SMILES string of the molecule is N#C/C(=C/c1cn(-c2ccccc2)nc1-c1cccc(OCc2ccc(F)cc2)c1)C(=O)NC1CCS(=O)(=O)C1. The molecule has 10 heteroatoms. The molecule has 1 fully saturated rings. The lowest BCUT2D eigenvalue weighted by Crippen LogP contribution is -2.36. The molecule has 40 heavy (non-hydrogen) atoms. The van der Waals surface area contributed by atoms with Gasteiger partial charge >= 0.3 is 0 Å². The molecule has 0 saturated carbocycles. The second kappa shape index (κ2) is 11.6. The van der Waals surface area contributed by atoms with Crippen molar-refractivity contribution in [3.05, 3.63) is 108 Å². The highest BCUT2D eigenvalue weighted by molar-refractivity contribution is 7.91. The van der Waals surface area contributed by atoms with E-state index >= 15 is 0 Å². The number of nitriles is 1. The lowest BCUT2D eigenvalue weighted by atomic mass is 10.1. The summed E-state index contributed by atoms with van der Waals surface area (Å²) in [5.74, 6) is -0.527. The zero-order valence-electron chi connectivity index (χ0n) is 21.3. The van der Waals surface area contributed by atoms with E-state index in [1.165, 1.54) is 18.2 Å². The lowest BCUT2D eigenvalue weighted by Gasteiger charge is -2.10. The van der Waals surface area contributed by atoms with E-state index in [4.69, 9.17) is 9.84 Å². The van der Waals surface area contributed by atoms with Gasteiger partial charge in [-0.3, -0.25) is 4.79 Å². The van der Waals surface area contributed by atoms with Crippen molar-refractivity contribution >= 4 is 21.8 Å². The summed E-state index contributed by atoms with van der Waals surface area (Å²) in [6.45, 7) is 0.241. The molecule has 1 aliphatic heterocycles. The van der Waals surface area contributed by atoms with Gasteiger partial charge < -0.3 is 10.1 Å². The number of nitrogens with one attached hydrogen (secondary N) is 1. The Hall–Kier alpha value is -4.75. The predicted molar refractivity (Wildman–Crippen MR) is 149 cm³/mol. The van der Waals surface area contributed by atoms with Gasteiger partial charge in [-0.2, -0.15) is 10.4 Å². The van der Waals surface area contributed by atoms with Crippen LogP contribution in [-0.2, 0) is 21.2 Å². The molecule has 0 spiro atoms. The fraction of sp³-hybridized carbons (Fsp3) is 0.167. The normalized spacial score (nSPS) is 16.3. The van der Waals surface area contributed by atoms with Crippen LogP contribution in [0.1, 0.15) is 17.5 Å². The first-order chi connectivity index (χ1) is 19.3. The van der Waals surface area contributed by atoms with Crippen molar-refractivity contribution in [1.82, 2.24) is 15.1 Å². The molecule has 1 atom stereocenters. The maximum atomic E-state index is 13.2. The Bertz CT molecular complexity index is 1710. The highest BCUT2D eigenvalue weighted by Crippen LogP contribution is 2.29. The summed E-state index contributed by atoms with van der Waals surface area (Å²) in [5, 5.41) is 17.2. The fourth-order valence-corrected chi connectivity index (χ4v) is 6.06. The summed E-state index contributed by atoms with van der Waals surface area (Å²) in [6, 6.07) is 24.1. The Morgan fingerprint density at radius 2 is 1.90 bits per heavy atom. The molecule has 1 aromatic heterocycles. The topological polar surface area (TPSA) is 114 Å². The number of nitrogens with zero attached hydrogens (tertiary/aromatic N) is 3. The highest BCUT2D eigenvalue weighted by Gasteiger charge is 2.29. The number of rotatable bonds is 8. The van der Waals surface area contributed by atoms with Gasteiger partial charge in [0, 0.05) is 23.4 Å². The van der Waals surface area contributed by atoms with Crippen molar-refractivity contribution in [3.8, 4) is 28.8 Å². The van der Waals surface area contributed by atoms with E-state index in [-0.39, 0.29) is 29.5 Å². The summed E-state index contributed by atoms with van der Waals surface area (Å²) in [4.78, 5) is 12.9. The molecule has 1 aliphatic rings. The second-order valence-corrected chi connectivity index (χ2v) is 11.6. The molecule has 4 aromatic rings. The number of hydrogen-bond donors (Lipinski definition) is 1. The number of para-hydroxylation sites is 1. The molecule has 3 aromatic carbocycles. The average Bonchev–Trinajstić information content (AvgIpc) is 3.54. The molecule has 1 amide bonds. The van der Waals surface area contributed by atoms with Gasteiger partial charge in [0.1, 0.15) is 35.5 Å². The molecular weight excluding hydrogens is 531 g/mol. The third-order valence-corrected chi connectivity index (χ3v) is 8.19. The number of ether oxygens (including phenoxy) is 1. The van der Waals surface area contributed by atoms with E-state index in [0.717, 1.165) is 11.3 Å². The van der Waals surface area contributed by atoms with Crippen molar-refractivity contribution in [2.45, 2.75) is 19.1 Å². The molecule has 0 radical (unpaired) electrons. The first-order valence-corrected chi connectivity index (χ1v) is 14.4. The molecule has 2 heterocycles. The summed E-state index contributed by atoms with van der Waals surface area (Å²) in [7, 11) is -3.19. The van der Waals surface area contributed by atoms with E-state index in [1.807, 2.05) is 48.5 Å². The van der Waals surface area contributed by atoms with Crippen molar-refractivity contribution in [1.29, 1.82) is 5.26 Å². The molecule has 1 N–H and O–H groups in total. The standard InChI is InChI=1S/C30H25FN4O4S/c31-25-11-9-21(10-12-25)19-39-28-8-4-5-22(16-28)29-24(18-35(34-29)27-6-2-1-3-7-27)15-23(17-32)30(36)33-26-13-14-40(37,38)20-26/h1-12,15-16,18,26H,13-14,19-20H2,(H,33,36)/b23-15-. The van der Waals surface area contributed by atoms with Crippen LogP contribution in [0.25, 0.3) is 23.0 Å². The van der Waals surface area contributed by atoms with Gasteiger partial charge in [0.25, 0.3) is 5.91 Å². The van der Waals surface area contributed by atoms with Crippen LogP contribution in [0.15, 0.2) is 90.6 Å². The van der Waals surface area contributed by atoms with E-state index in [9.17, 15) is 22.9 Å². The van der Waals surface area contributed by atoms with Gasteiger partial charge in [0.05, 0.1) is 17.2 Å². The quantitative estimate of drug-likeness (QED) is 0.253. The van der Waals surface area contributed by atoms with Crippen LogP contribution in [0, 0.1) is 17.1 Å². The van der Waals surface area contributed by atoms with Crippen LogP contribution in [0.5, 0.6) is 5.75 Å². The van der Waals surface area contributed by atoms with Crippen molar-refractivity contribution in [2.75, 3.05) is 11.5 Å². The number of sulfone groups is 1. The number of carbonyl (C=O) groups excluding carboxylic acids is 1. The third-order valence-electron chi connectivity index (χ3n) is 6.42. The number of halogens is 1. The number of carbonyl (C=O) groups is 1. The van der Waals surface area contributed by atoms with Crippen molar-refractivity contribution in [2.24, 2.45) is 0 Å². The Morgan fingerprint density at radius 3 is 2.60 bits per heavy atom. The Kier molecular flexibility index (Phi) is 7.75. The van der Waals surface area contributed by atoms with Crippen molar-refractivity contribution < 1.29 is 22.3 Å². The molecule has 8 nitrogen and oxygen atoms in total. The summed E-state index contributed by atoms with van der Waals surface area (Å²) in [6.07, 6.45) is 3.49. The second-order valence-electron chi connectivity index (χ2n) is 9.40. The van der Waals surface area contributed by atoms with E-state index in [0.29, 0.717) is 29.0 Å². The molecule has 202 valence electrons. The van der Waals surface area contributed by atoms with Crippen LogP contribution >= 0.6 is 0 Å². The lowest BCUT2D eigenvalue weighted by molar-refractivity contribution is -0.117. The monoisotopic (exact) mass is 556 g/mol. The predicted octanol–water partition coefficient (Wildman–Crippen LogP) is 4.47. The van der Waals surface area contributed by atoms with Crippen LogP contribution in [-0.4, -0.2) is 41.7 Å². The Morgan fingerprint density at radius 1 is 1.12 bits per heavy atom.